The zero-order valence-electron chi connectivity index (χ0n) is 8.61. The topological polar surface area (TPSA) is 46.5 Å². The third kappa shape index (κ3) is 3.32. The quantitative estimate of drug-likeness (QED) is 0.860. The summed E-state index contributed by atoms with van der Waals surface area (Å²) in [6.07, 6.45) is -1.46. The van der Waals surface area contributed by atoms with Crippen molar-refractivity contribution in [3.63, 3.8) is 0 Å². The predicted molar refractivity (Wildman–Crippen MR) is 60.3 cm³/mol. The van der Waals surface area contributed by atoms with E-state index in [1.165, 1.54) is 0 Å². The summed E-state index contributed by atoms with van der Waals surface area (Å²) in [6, 6.07) is 7.01. The lowest BCUT2D eigenvalue weighted by Crippen LogP contribution is -2.19. The van der Waals surface area contributed by atoms with Crippen LogP contribution in [-0.4, -0.2) is 17.2 Å². The number of esters is 1. The van der Waals surface area contributed by atoms with Crippen LogP contribution in [0, 0.1) is 0 Å². The van der Waals surface area contributed by atoms with Crippen molar-refractivity contribution in [2.75, 3.05) is 0 Å². The first-order valence-electron chi connectivity index (χ1n) is 4.65. The SMILES string of the molecule is CC(C)OC(=O)C(O)c1ccccc1Br. The van der Waals surface area contributed by atoms with E-state index in [0.717, 1.165) is 0 Å². The summed E-state index contributed by atoms with van der Waals surface area (Å²) in [5.74, 6) is -0.628. The third-order valence-corrected chi connectivity index (χ3v) is 2.50. The molecule has 0 aliphatic heterocycles. The minimum atomic E-state index is -1.23. The molecule has 1 atom stereocenters. The fourth-order valence-electron chi connectivity index (χ4n) is 1.12. The lowest BCUT2D eigenvalue weighted by Gasteiger charge is -2.14. The molecule has 0 amide bonds. The predicted octanol–water partition coefficient (Wildman–Crippen LogP) is 2.43. The summed E-state index contributed by atoms with van der Waals surface area (Å²) in [4.78, 5) is 11.4. The Morgan fingerprint density at radius 1 is 1.40 bits per heavy atom. The van der Waals surface area contributed by atoms with Crippen LogP contribution in [0.2, 0.25) is 0 Å². The van der Waals surface area contributed by atoms with E-state index >= 15 is 0 Å². The number of ether oxygens (including phenoxy) is 1. The van der Waals surface area contributed by atoms with Crippen LogP contribution in [0.15, 0.2) is 28.7 Å². The van der Waals surface area contributed by atoms with Gasteiger partial charge in [0, 0.05) is 10.0 Å². The average Bonchev–Trinajstić information content (AvgIpc) is 2.16. The van der Waals surface area contributed by atoms with Gasteiger partial charge in [-0.05, 0) is 19.9 Å². The number of hydrogen-bond donors (Lipinski definition) is 1. The highest BCUT2D eigenvalue weighted by Gasteiger charge is 2.21. The zero-order valence-corrected chi connectivity index (χ0v) is 10.2. The first-order valence-corrected chi connectivity index (χ1v) is 5.44. The first-order chi connectivity index (χ1) is 7.02. The van der Waals surface area contributed by atoms with Gasteiger partial charge in [0.15, 0.2) is 6.10 Å². The van der Waals surface area contributed by atoms with Gasteiger partial charge in [-0.25, -0.2) is 4.79 Å². The number of carbonyl (C=O) groups is 1. The molecule has 4 heteroatoms. The number of hydrogen-bond acceptors (Lipinski definition) is 3. The Bertz CT molecular complexity index is 349. The van der Waals surface area contributed by atoms with Crippen molar-refractivity contribution in [3.05, 3.63) is 34.3 Å². The normalized spacial score (nSPS) is 12.6. The third-order valence-electron chi connectivity index (χ3n) is 1.77. The van der Waals surface area contributed by atoms with E-state index < -0.39 is 12.1 Å². The number of aliphatic hydroxyl groups excluding tert-OH is 1. The Morgan fingerprint density at radius 2 is 2.00 bits per heavy atom. The molecule has 0 saturated heterocycles. The number of halogens is 1. The van der Waals surface area contributed by atoms with Crippen LogP contribution in [-0.2, 0) is 9.53 Å². The van der Waals surface area contributed by atoms with Gasteiger partial charge in [0.2, 0.25) is 0 Å². The van der Waals surface area contributed by atoms with E-state index in [0.29, 0.717) is 10.0 Å². The second-order valence-electron chi connectivity index (χ2n) is 3.41. The molecule has 1 aromatic carbocycles. The van der Waals surface area contributed by atoms with E-state index in [1.807, 2.05) is 6.07 Å². The fraction of sp³-hybridized carbons (Fsp3) is 0.364. The molecule has 0 saturated carbocycles. The molecule has 3 nitrogen and oxygen atoms in total. The fourth-order valence-corrected chi connectivity index (χ4v) is 1.62. The molecule has 0 heterocycles. The molecule has 0 fully saturated rings. The Morgan fingerprint density at radius 3 is 2.53 bits per heavy atom. The molecular formula is C11H13BrO3. The Hall–Kier alpha value is -0.870. The van der Waals surface area contributed by atoms with Crippen LogP contribution in [0.3, 0.4) is 0 Å². The van der Waals surface area contributed by atoms with Crippen molar-refractivity contribution in [1.29, 1.82) is 0 Å². The number of carbonyl (C=O) groups excluding carboxylic acids is 1. The van der Waals surface area contributed by atoms with Gasteiger partial charge in [0.05, 0.1) is 6.10 Å². The van der Waals surface area contributed by atoms with Gasteiger partial charge >= 0.3 is 5.97 Å². The van der Waals surface area contributed by atoms with Crippen molar-refractivity contribution < 1.29 is 14.6 Å². The van der Waals surface area contributed by atoms with Crippen LogP contribution in [0.4, 0.5) is 0 Å². The standard InChI is InChI=1S/C11H13BrO3/c1-7(2)15-11(14)10(13)8-5-3-4-6-9(8)12/h3-7,10,13H,1-2H3. The van der Waals surface area contributed by atoms with Gasteiger partial charge in [0.1, 0.15) is 0 Å². The van der Waals surface area contributed by atoms with E-state index in [1.54, 1.807) is 32.0 Å². The van der Waals surface area contributed by atoms with Gasteiger partial charge in [-0.2, -0.15) is 0 Å². The van der Waals surface area contributed by atoms with Crippen molar-refractivity contribution in [1.82, 2.24) is 0 Å². The summed E-state index contributed by atoms with van der Waals surface area (Å²) in [6.45, 7) is 3.48. The van der Waals surface area contributed by atoms with Gasteiger partial charge < -0.3 is 9.84 Å². The average molecular weight is 273 g/mol. The largest absolute Gasteiger partial charge is 0.461 e. The molecule has 0 aliphatic rings. The molecule has 1 unspecified atom stereocenters. The molecule has 1 N–H and O–H groups in total. The van der Waals surface area contributed by atoms with Crippen LogP contribution >= 0.6 is 15.9 Å². The molecule has 1 aromatic rings. The van der Waals surface area contributed by atoms with E-state index in [9.17, 15) is 9.90 Å². The second kappa shape index (κ2) is 5.28. The van der Waals surface area contributed by atoms with Gasteiger partial charge in [-0.3, -0.25) is 0 Å². The van der Waals surface area contributed by atoms with Crippen LogP contribution in [0.1, 0.15) is 25.5 Å². The summed E-state index contributed by atoms with van der Waals surface area (Å²) in [5, 5.41) is 9.71. The number of aliphatic hydroxyl groups is 1. The van der Waals surface area contributed by atoms with E-state index in [-0.39, 0.29) is 6.10 Å². The van der Waals surface area contributed by atoms with Crippen molar-refractivity contribution in [2.24, 2.45) is 0 Å². The second-order valence-corrected chi connectivity index (χ2v) is 4.26. The molecule has 15 heavy (non-hydrogen) atoms. The number of rotatable bonds is 3. The Balaban J connectivity index is 2.81. The minimum Gasteiger partial charge on any atom is -0.461 e. The van der Waals surface area contributed by atoms with Crippen molar-refractivity contribution >= 4 is 21.9 Å². The molecule has 0 radical (unpaired) electrons. The molecule has 1 rings (SSSR count). The monoisotopic (exact) mass is 272 g/mol. The number of benzene rings is 1. The van der Waals surface area contributed by atoms with Crippen LogP contribution in [0.25, 0.3) is 0 Å². The molecule has 0 bridgehead atoms. The van der Waals surface area contributed by atoms with Gasteiger partial charge in [0.25, 0.3) is 0 Å². The Labute approximate surface area is 97.2 Å². The minimum absolute atomic E-state index is 0.227. The van der Waals surface area contributed by atoms with Gasteiger partial charge in [-0.15, -0.1) is 0 Å². The van der Waals surface area contributed by atoms with Crippen LogP contribution in [0.5, 0.6) is 0 Å². The molecular weight excluding hydrogens is 260 g/mol. The molecule has 0 aliphatic carbocycles. The molecule has 0 aromatic heterocycles. The summed E-state index contributed by atoms with van der Waals surface area (Å²) in [5.41, 5.74) is 0.517. The Kier molecular flexibility index (Phi) is 4.29. The highest BCUT2D eigenvalue weighted by atomic mass is 79.9. The maximum atomic E-state index is 11.4. The summed E-state index contributed by atoms with van der Waals surface area (Å²) in [7, 11) is 0. The van der Waals surface area contributed by atoms with E-state index in [4.69, 9.17) is 4.74 Å². The smallest absolute Gasteiger partial charge is 0.339 e. The lowest BCUT2D eigenvalue weighted by atomic mass is 10.1. The highest BCUT2D eigenvalue weighted by molar-refractivity contribution is 9.10. The zero-order chi connectivity index (χ0) is 11.4. The molecule has 82 valence electrons. The van der Waals surface area contributed by atoms with Crippen molar-refractivity contribution in [2.45, 2.75) is 26.1 Å². The highest BCUT2D eigenvalue weighted by Crippen LogP contribution is 2.24. The lowest BCUT2D eigenvalue weighted by molar-refractivity contribution is -0.157. The summed E-state index contributed by atoms with van der Waals surface area (Å²) >= 11 is 3.26. The van der Waals surface area contributed by atoms with Crippen molar-refractivity contribution in [3.8, 4) is 0 Å². The maximum Gasteiger partial charge on any atom is 0.339 e. The van der Waals surface area contributed by atoms with Gasteiger partial charge in [-0.1, -0.05) is 34.1 Å². The maximum absolute atomic E-state index is 11.4. The van der Waals surface area contributed by atoms with E-state index in [2.05, 4.69) is 15.9 Å². The molecule has 0 spiro atoms. The summed E-state index contributed by atoms with van der Waals surface area (Å²) < 4.78 is 5.60. The van der Waals surface area contributed by atoms with Crippen LogP contribution < -0.4 is 0 Å². The first kappa shape index (κ1) is 12.2.